The SMILES string of the molecule is N/C(Cc1ccccc1)=N\C1SC(CO)C(O)C(O)C1O. The van der Waals surface area contributed by atoms with Gasteiger partial charge in [-0.1, -0.05) is 30.3 Å². The molecule has 0 spiro atoms. The summed E-state index contributed by atoms with van der Waals surface area (Å²) in [5.74, 6) is 0.332. The molecule has 0 amide bonds. The first-order chi connectivity index (χ1) is 10.0. The lowest BCUT2D eigenvalue weighted by Gasteiger charge is -2.37. The van der Waals surface area contributed by atoms with Crippen LogP contribution in [0.3, 0.4) is 0 Å². The van der Waals surface area contributed by atoms with Crippen molar-refractivity contribution in [3.8, 4) is 0 Å². The summed E-state index contributed by atoms with van der Waals surface area (Å²) in [7, 11) is 0. The van der Waals surface area contributed by atoms with E-state index < -0.39 is 28.9 Å². The van der Waals surface area contributed by atoms with Gasteiger partial charge in [0, 0.05) is 6.42 Å². The number of amidine groups is 1. The van der Waals surface area contributed by atoms with Crippen LogP contribution >= 0.6 is 11.8 Å². The second kappa shape index (κ2) is 7.24. The average Bonchev–Trinajstić information content (AvgIpc) is 2.49. The van der Waals surface area contributed by atoms with Crippen molar-refractivity contribution in [1.82, 2.24) is 0 Å². The summed E-state index contributed by atoms with van der Waals surface area (Å²) < 4.78 is 0. The molecule has 0 bridgehead atoms. The van der Waals surface area contributed by atoms with Crippen molar-refractivity contribution in [2.45, 2.75) is 35.4 Å². The van der Waals surface area contributed by atoms with Crippen LogP contribution in [0.15, 0.2) is 35.3 Å². The minimum atomic E-state index is -1.35. The molecule has 0 aliphatic carbocycles. The lowest BCUT2D eigenvalue weighted by molar-refractivity contribution is -0.0688. The highest BCUT2D eigenvalue weighted by Crippen LogP contribution is 2.33. The van der Waals surface area contributed by atoms with Gasteiger partial charge in [0.2, 0.25) is 0 Å². The van der Waals surface area contributed by atoms with Crippen LogP contribution in [0.5, 0.6) is 0 Å². The maximum absolute atomic E-state index is 9.96. The van der Waals surface area contributed by atoms with E-state index in [1.54, 1.807) is 0 Å². The van der Waals surface area contributed by atoms with Gasteiger partial charge in [-0.05, 0) is 5.56 Å². The highest BCUT2D eigenvalue weighted by Gasteiger charge is 2.43. The normalized spacial score (nSPS) is 33.9. The van der Waals surface area contributed by atoms with Gasteiger partial charge in [-0.15, -0.1) is 11.8 Å². The topological polar surface area (TPSA) is 119 Å². The Labute approximate surface area is 127 Å². The molecule has 6 N–H and O–H groups in total. The van der Waals surface area contributed by atoms with Gasteiger partial charge in [0.1, 0.15) is 17.6 Å². The lowest BCUT2D eigenvalue weighted by atomic mass is 10.0. The first kappa shape index (κ1) is 16.3. The second-order valence-corrected chi connectivity index (χ2v) is 6.36. The summed E-state index contributed by atoms with van der Waals surface area (Å²) in [6, 6.07) is 9.54. The largest absolute Gasteiger partial charge is 0.395 e. The molecular formula is C14H20N2O4S. The number of rotatable bonds is 4. The van der Waals surface area contributed by atoms with Crippen LogP contribution in [0.4, 0.5) is 0 Å². The molecule has 1 aromatic rings. The average molecular weight is 312 g/mol. The number of nitrogens with two attached hydrogens (primary N) is 1. The fourth-order valence-electron chi connectivity index (χ4n) is 2.20. The van der Waals surface area contributed by atoms with Crippen LogP contribution in [-0.2, 0) is 6.42 Å². The van der Waals surface area contributed by atoms with E-state index in [9.17, 15) is 20.4 Å². The predicted molar refractivity (Wildman–Crippen MR) is 82.0 cm³/mol. The monoisotopic (exact) mass is 312 g/mol. The van der Waals surface area contributed by atoms with Gasteiger partial charge >= 0.3 is 0 Å². The maximum Gasteiger partial charge on any atom is 0.126 e. The highest BCUT2D eigenvalue weighted by atomic mass is 32.2. The van der Waals surface area contributed by atoms with E-state index in [1.807, 2.05) is 30.3 Å². The zero-order chi connectivity index (χ0) is 15.4. The van der Waals surface area contributed by atoms with Gasteiger partial charge in [-0.2, -0.15) is 0 Å². The van der Waals surface area contributed by atoms with Crippen molar-refractivity contribution >= 4 is 17.6 Å². The molecule has 1 aliphatic rings. The Bertz CT molecular complexity index is 483. The molecular weight excluding hydrogens is 292 g/mol. The zero-order valence-corrected chi connectivity index (χ0v) is 12.2. The number of thioether (sulfide) groups is 1. The maximum atomic E-state index is 9.96. The molecule has 0 saturated carbocycles. The summed E-state index contributed by atoms with van der Waals surface area (Å²) in [5, 5.41) is 37.4. The Morgan fingerprint density at radius 2 is 1.76 bits per heavy atom. The van der Waals surface area contributed by atoms with Gasteiger partial charge in [-0.25, -0.2) is 0 Å². The minimum Gasteiger partial charge on any atom is -0.395 e. The van der Waals surface area contributed by atoms with Crippen molar-refractivity contribution < 1.29 is 20.4 Å². The van der Waals surface area contributed by atoms with E-state index >= 15 is 0 Å². The molecule has 1 aromatic carbocycles. The van der Waals surface area contributed by atoms with Crippen LogP contribution in [0.2, 0.25) is 0 Å². The Balaban J connectivity index is 2.07. The fraction of sp³-hybridized carbons (Fsp3) is 0.500. The van der Waals surface area contributed by atoms with Gasteiger partial charge < -0.3 is 26.2 Å². The van der Waals surface area contributed by atoms with Crippen LogP contribution in [0.25, 0.3) is 0 Å². The molecule has 5 atom stereocenters. The summed E-state index contributed by atoms with van der Waals surface area (Å²) in [5.41, 5.74) is 6.88. The fourth-order valence-corrected chi connectivity index (χ4v) is 3.49. The van der Waals surface area contributed by atoms with Crippen LogP contribution in [-0.4, -0.2) is 61.8 Å². The molecule has 2 rings (SSSR count). The standard InChI is InChI=1S/C14H20N2O4S/c15-10(6-8-4-2-1-3-5-8)16-14-13(20)12(19)11(18)9(7-17)21-14/h1-5,9,11-14,17-20H,6-7H2,(H2,15,16). The van der Waals surface area contributed by atoms with Crippen molar-refractivity contribution in [1.29, 1.82) is 0 Å². The lowest BCUT2D eigenvalue weighted by Crippen LogP contribution is -2.53. The van der Waals surface area contributed by atoms with E-state index in [0.29, 0.717) is 12.3 Å². The number of aliphatic hydroxyl groups excluding tert-OH is 4. The van der Waals surface area contributed by atoms with Crippen molar-refractivity contribution in [2.24, 2.45) is 10.7 Å². The molecule has 21 heavy (non-hydrogen) atoms. The molecule has 1 heterocycles. The summed E-state index contributed by atoms with van der Waals surface area (Å²) in [6.07, 6.45) is -3.31. The number of benzene rings is 1. The third kappa shape index (κ3) is 3.96. The Morgan fingerprint density at radius 1 is 1.10 bits per heavy atom. The van der Waals surface area contributed by atoms with Gasteiger partial charge in [0.15, 0.2) is 0 Å². The molecule has 7 heteroatoms. The predicted octanol–water partition coefficient (Wildman–Crippen LogP) is -0.897. The Kier molecular flexibility index (Phi) is 5.60. The minimum absolute atomic E-state index is 0.305. The number of aliphatic imine (C=N–C) groups is 1. The number of hydrogen-bond acceptors (Lipinski definition) is 6. The van der Waals surface area contributed by atoms with Gasteiger partial charge in [0.25, 0.3) is 0 Å². The molecule has 116 valence electrons. The number of aliphatic hydroxyl groups is 4. The van der Waals surface area contributed by atoms with Crippen molar-refractivity contribution in [3.05, 3.63) is 35.9 Å². The van der Waals surface area contributed by atoms with Crippen LogP contribution in [0, 0.1) is 0 Å². The smallest absolute Gasteiger partial charge is 0.126 e. The molecule has 1 fully saturated rings. The first-order valence-corrected chi connectivity index (χ1v) is 7.63. The first-order valence-electron chi connectivity index (χ1n) is 6.69. The quantitative estimate of drug-likeness (QED) is 0.363. The molecule has 6 nitrogen and oxygen atoms in total. The second-order valence-electron chi connectivity index (χ2n) is 5.00. The van der Waals surface area contributed by atoms with E-state index in [1.165, 1.54) is 0 Å². The van der Waals surface area contributed by atoms with Gasteiger partial charge in [0.05, 0.1) is 23.8 Å². The number of hydrogen-bond donors (Lipinski definition) is 5. The summed E-state index contributed by atoms with van der Waals surface area (Å²) in [4.78, 5) is 4.22. The van der Waals surface area contributed by atoms with E-state index in [4.69, 9.17) is 5.73 Å². The van der Waals surface area contributed by atoms with Crippen LogP contribution in [0.1, 0.15) is 5.56 Å². The van der Waals surface area contributed by atoms with Crippen molar-refractivity contribution in [2.75, 3.05) is 6.61 Å². The Morgan fingerprint density at radius 3 is 2.38 bits per heavy atom. The third-order valence-electron chi connectivity index (χ3n) is 3.39. The third-order valence-corrected chi connectivity index (χ3v) is 4.83. The summed E-state index contributed by atoms with van der Waals surface area (Å²) >= 11 is 1.11. The molecule has 0 aromatic heterocycles. The van der Waals surface area contributed by atoms with Crippen LogP contribution < -0.4 is 5.73 Å². The molecule has 1 saturated heterocycles. The highest BCUT2D eigenvalue weighted by molar-refractivity contribution is 8.00. The van der Waals surface area contributed by atoms with E-state index in [-0.39, 0.29) is 6.61 Å². The molecule has 0 radical (unpaired) electrons. The molecule has 1 aliphatic heterocycles. The van der Waals surface area contributed by atoms with Crippen molar-refractivity contribution in [3.63, 3.8) is 0 Å². The Hall–Kier alpha value is -1.12. The van der Waals surface area contributed by atoms with E-state index in [0.717, 1.165) is 17.3 Å². The zero-order valence-electron chi connectivity index (χ0n) is 11.4. The van der Waals surface area contributed by atoms with E-state index in [2.05, 4.69) is 4.99 Å². The molecule has 5 unspecified atom stereocenters. The number of nitrogens with zero attached hydrogens (tertiary/aromatic N) is 1. The van der Waals surface area contributed by atoms with Gasteiger partial charge in [-0.3, -0.25) is 4.99 Å². The summed E-state index contributed by atoms with van der Waals surface area (Å²) in [6.45, 7) is -0.305.